The highest BCUT2D eigenvalue weighted by molar-refractivity contribution is 6.17. The van der Waals surface area contributed by atoms with Crippen LogP contribution in [0.15, 0.2) is 18.2 Å². The average molecular weight is 282 g/mol. The molecule has 1 amide bonds. The molecule has 19 heavy (non-hydrogen) atoms. The van der Waals surface area contributed by atoms with Gasteiger partial charge in [0.05, 0.1) is 18.1 Å². The first-order valence-electron chi connectivity index (χ1n) is 6.03. The van der Waals surface area contributed by atoms with Gasteiger partial charge in [-0.2, -0.15) is 0 Å². The largest absolute Gasteiger partial charge is 0.497 e. The van der Waals surface area contributed by atoms with E-state index in [2.05, 4.69) is 4.98 Å². The summed E-state index contributed by atoms with van der Waals surface area (Å²) >= 11 is 5.79. The molecule has 1 aromatic carbocycles. The van der Waals surface area contributed by atoms with Gasteiger partial charge in [-0.25, -0.2) is 4.98 Å². The van der Waals surface area contributed by atoms with Gasteiger partial charge >= 0.3 is 0 Å². The van der Waals surface area contributed by atoms with Crippen LogP contribution in [0.5, 0.6) is 5.75 Å². The van der Waals surface area contributed by atoms with Crippen molar-refractivity contribution in [2.24, 2.45) is 5.73 Å². The maximum absolute atomic E-state index is 10.9. The van der Waals surface area contributed by atoms with Gasteiger partial charge in [0.1, 0.15) is 11.6 Å². The van der Waals surface area contributed by atoms with Crippen LogP contribution in [0.4, 0.5) is 0 Å². The van der Waals surface area contributed by atoms with Crippen LogP contribution in [0.2, 0.25) is 0 Å². The number of nitrogens with zero attached hydrogens (tertiary/aromatic N) is 2. The zero-order valence-corrected chi connectivity index (χ0v) is 11.5. The minimum Gasteiger partial charge on any atom is -0.497 e. The van der Waals surface area contributed by atoms with Crippen molar-refractivity contribution in [2.45, 2.75) is 19.4 Å². The topological polar surface area (TPSA) is 70.1 Å². The second-order valence-electron chi connectivity index (χ2n) is 4.19. The molecule has 6 heteroatoms. The molecule has 0 spiro atoms. The molecule has 2 aromatic rings. The minimum absolute atomic E-state index is 0.284. The third kappa shape index (κ3) is 2.98. The highest BCUT2D eigenvalue weighted by Gasteiger charge is 2.11. The lowest BCUT2D eigenvalue weighted by molar-refractivity contribution is -0.118. The van der Waals surface area contributed by atoms with E-state index in [4.69, 9.17) is 22.1 Å². The number of amides is 1. The van der Waals surface area contributed by atoms with Crippen molar-refractivity contribution in [3.8, 4) is 5.75 Å². The van der Waals surface area contributed by atoms with E-state index in [1.165, 1.54) is 0 Å². The first kappa shape index (κ1) is 13.7. The van der Waals surface area contributed by atoms with Gasteiger partial charge in [-0.1, -0.05) is 0 Å². The predicted octanol–water partition coefficient (Wildman–Crippen LogP) is 1.70. The van der Waals surface area contributed by atoms with Crippen molar-refractivity contribution in [1.29, 1.82) is 0 Å². The molecular formula is C13H16ClN3O2. The van der Waals surface area contributed by atoms with Crippen molar-refractivity contribution < 1.29 is 9.53 Å². The Balaban J connectivity index is 2.44. The van der Waals surface area contributed by atoms with E-state index in [1.54, 1.807) is 7.11 Å². The van der Waals surface area contributed by atoms with Crippen LogP contribution in [0.1, 0.15) is 12.2 Å². The molecule has 0 bridgehead atoms. The molecule has 1 aromatic heterocycles. The quantitative estimate of drug-likeness (QED) is 0.819. The average Bonchev–Trinajstić information content (AvgIpc) is 2.73. The summed E-state index contributed by atoms with van der Waals surface area (Å²) in [4.78, 5) is 15.5. The predicted molar refractivity (Wildman–Crippen MR) is 74.5 cm³/mol. The van der Waals surface area contributed by atoms with Crippen LogP contribution in [-0.4, -0.2) is 28.4 Å². The van der Waals surface area contributed by atoms with Crippen LogP contribution in [0.3, 0.4) is 0 Å². The van der Waals surface area contributed by atoms with Crippen molar-refractivity contribution in [2.75, 3.05) is 13.0 Å². The van der Waals surface area contributed by atoms with E-state index in [0.29, 0.717) is 18.8 Å². The summed E-state index contributed by atoms with van der Waals surface area (Å²) in [7, 11) is 1.62. The Bertz CT molecular complexity index is 595. The minimum atomic E-state index is -0.327. The smallest absolute Gasteiger partial charge is 0.219 e. The lowest BCUT2D eigenvalue weighted by atomic mass is 10.3. The molecule has 102 valence electrons. The van der Waals surface area contributed by atoms with E-state index in [0.717, 1.165) is 22.6 Å². The first-order valence-corrected chi connectivity index (χ1v) is 6.56. The Morgan fingerprint density at radius 3 is 2.95 bits per heavy atom. The third-order valence-electron chi connectivity index (χ3n) is 2.93. The summed E-state index contributed by atoms with van der Waals surface area (Å²) in [5, 5.41) is 0. The van der Waals surface area contributed by atoms with E-state index < -0.39 is 0 Å². The molecule has 0 aliphatic heterocycles. The number of aromatic nitrogens is 2. The summed E-state index contributed by atoms with van der Waals surface area (Å²) in [6.07, 6.45) is 0.935. The number of halogens is 1. The number of rotatable bonds is 6. The zero-order valence-electron chi connectivity index (χ0n) is 10.7. The molecule has 0 saturated heterocycles. The number of carbonyl (C=O) groups excluding carboxylic acids is 1. The molecule has 0 aliphatic carbocycles. The van der Waals surface area contributed by atoms with Crippen LogP contribution < -0.4 is 10.5 Å². The number of methoxy groups -OCH3 is 1. The van der Waals surface area contributed by atoms with Crippen LogP contribution in [0, 0.1) is 0 Å². The molecule has 0 fully saturated rings. The molecule has 5 nitrogen and oxygen atoms in total. The van der Waals surface area contributed by atoms with Crippen molar-refractivity contribution in [1.82, 2.24) is 9.55 Å². The van der Waals surface area contributed by atoms with E-state index in [-0.39, 0.29) is 12.3 Å². The van der Waals surface area contributed by atoms with Gasteiger partial charge in [0, 0.05) is 31.3 Å². The lowest BCUT2D eigenvalue weighted by Crippen LogP contribution is -2.15. The normalized spacial score (nSPS) is 10.8. The van der Waals surface area contributed by atoms with Crippen LogP contribution in [-0.2, 0) is 17.8 Å². The van der Waals surface area contributed by atoms with Gasteiger partial charge < -0.3 is 15.0 Å². The fourth-order valence-corrected chi connectivity index (χ4v) is 2.20. The molecule has 0 saturated carbocycles. The van der Waals surface area contributed by atoms with Crippen molar-refractivity contribution in [3.05, 3.63) is 24.0 Å². The molecular weight excluding hydrogens is 266 g/mol. The Kier molecular flexibility index (Phi) is 4.27. The first-order chi connectivity index (χ1) is 9.15. The summed E-state index contributed by atoms with van der Waals surface area (Å²) < 4.78 is 7.17. The highest BCUT2D eigenvalue weighted by atomic mass is 35.5. The second-order valence-corrected chi connectivity index (χ2v) is 4.57. The van der Waals surface area contributed by atoms with E-state index in [1.807, 2.05) is 22.8 Å². The Morgan fingerprint density at radius 2 is 2.32 bits per heavy atom. The number of hydrogen-bond donors (Lipinski definition) is 1. The lowest BCUT2D eigenvalue weighted by Gasteiger charge is -2.07. The van der Waals surface area contributed by atoms with E-state index >= 15 is 0 Å². The summed E-state index contributed by atoms with van der Waals surface area (Å²) in [5.41, 5.74) is 7.00. The fraction of sp³-hybridized carbons (Fsp3) is 0.385. The Labute approximate surface area is 116 Å². The zero-order chi connectivity index (χ0) is 13.8. The maximum atomic E-state index is 10.9. The summed E-state index contributed by atoms with van der Waals surface area (Å²) in [6, 6.07) is 5.67. The standard InChI is InChI=1S/C13H16ClN3O2/c1-19-9-2-3-11-10(8-9)16-13(4-6-14)17(11)7-5-12(15)18/h2-3,8H,4-7H2,1H3,(H2,15,18). The highest BCUT2D eigenvalue weighted by Crippen LogP contribution is 2.22. The number of hydrogen-bond acceptors (Lipinski definition) is 3. The number of primary amides is 1. The number of fused-ring (bicyclic) bond motifs is 1. The van der Waals surface area contributed by atoms with Crippen molar-refractivity contribution in [3.63, 3.8) is 0 Å². The Morgan fingerprint density at radius 1 is 1.53 bits per heavy atom. The van der Waals surface area contributed by atoms with Gasteiger partial charge in [-0.15, -0.1) is 11.6 Å². The number of benzene rings is 1. The van der Waals surface area contributed by atoms with Gasteiger partial charge in [-0.05, 0) is 12.1 Å². The molecule has 0 aliphatic rings. The van der Waals surface area contributed by atoms with Crippen LogP contribution in [0.25, 0.3) is 11.0 Å². The fourth-order valence-electron chi connectivity index (χ4n) is 2.03. The second kappa shape index (κ2) is 5.93. The third-order valence-corrected chi connectivity index (χ3v) is 3.12. The molecule has 0 unspecified atom stereocenters. The molecule has 1 heterocycles. The monoisotopic (exact) mass is 281 g/mol. The maximum Gasteiger partial charge on any atom is 0.219 e. The molecule has 0 atom stereocenters. The summed E-state index contributed by atoms with van der Waals surface area (Å²) in [6.45, 7) is 0.518. The van der Waals surface area contributed by atoms with Gasteiger partial charge in [0.25, 0.3) is 0 Å². The Hall–Kier alpha value is -1.75. The molecule has 2 rings (SSSR count). The number of nitrogens with two attached hydrogens (primary N) is 1. The van der Waals surface area contributed by atoms with Gasteiger partial charge in [-0.3, -0.25) is 4.79 Å². The molecule has 2 N–H and O–H groups in total. The van der Waals surface area contributed by atoms with Crippen molar-refractivity contribution >= 4 is 28.5 Å². The number of carbonyl (C=O) groups is 1. The number of aryl methyl sites for hydroxylation is 2. The number of ether oxygens (including phenoxy) is 1. The number of alkyl halides is 1. The summed E-state index contributed by atoms with van der Waals surface area (Å²) in [5.74, 6) is 1.77. The number of imidazole rings is 1. The molecule has 0 radical (unpaired) electrons. The van der Waals surface area contributed by atoms with Crippen LogP contribution >= 0.6 is 11.6 Å². The van der Waals surface area contributed by atoms with Gasteiger partial charge in [0.15, 0.2) is 0 Å². The van der Waals surface area contributed by atoms with E-state index in [9.17, 15) is 4.79 Å². The SMILES string of the molecule is COc1ccc2c(c1)nc(CCCl)n2CCC(N)=O. The van der Waals surface area contributed by atoms with Gasteiger partial charge in [0.2, 0.25) is 5.91 Å².